The number of amides is 2. The van der Waals surface area contributed by atoms with Crippen LogP contribution in [0.4, 0.5) is 4.79 Å². The SMILES string of the molecule is CN1CCC(N(C)CCCCCNC(=O)N(C)C)CC1. The largest absolute Gasteiger partial charge is 0.338 e. The second-order valence-electron chi connectivity index (χ2n) is 6.20. The van der Waals surface area contributed by atoms with Crippen LogP contribution in [0.5, 0.6) is 0 Å². The van der Waals surface area contributed by atoms with E-state index in [1.807, 2.05) is 0 Å². The average Bonchev–Trinajstić information content (AvgIpc) is 2.42. The Balaban J connectivity index is 1.99. The van der Waals surface area contributed by atoms with E-state index in [0.29, 0.717) is 0 Å². The maximum absolute atomic E-state index is 11.3. The van der Waals surface area contributed by atoms with Gasteiger partial charge in [0.1, 0.15) is 0 Å². The van der Waals surface area contributed by atoms with Gasteiger partial charge in [0.15, 0.2) is 0 Å². The minimum atomic E-state index is 0.00782. The van der Waals surface area contributed by atoms with Gasteiger partial charge in [-0.05, 0) is 59.4 Å². The van der Waals surface area contributed by atoms with Gasteiger partial charge >= 0.3 is 6.03 Å². The Kier molecular flexibility index (Phi) is 7.92. The van der Waals surface area contributed by atoms with Gasteiger partial charge in [0.25, 0.3) is 0 Å². The third kappa shape index (κ3) is 6.57. The molecule has 0 radical (unpaired) electrons. The minimum Gasteiger partial charge on any atom is -0.338 e. The molecule has 0 saturated carbocycles. The summed E-state index contributed by atoms with van der Waals surface area (Å²) in [4.78, 5) is 17.8. The van der Waals surface area contributed by atoms with Gasteiger partial charge in [-0.2, -0.15) is 0 Å². The molecule has 2 amide bonds. The number of rotatable bonds is 7. The van der Waals surface area contributed by atoms with Crippen molar-refractivity contribution in [3.63, 3.8) is 0 Å². The van der Waals surface area contributed by atoms with Crippen LogP contribution >= 0.6 is 0 Å². The topological polar surface area (TPSA) is 38.8 Å². The first-order valence-electron chi connectivity index (χ1n) is 7.84. The highest BCUT2D eigenvalue weighted by molar-refractivity contribution is 5.73. The Morgan fingerprint density at radius 1 is 1.15 bits per heavy atom. The first kappa shape index (κ1) is 17.2. The van der Waals surface area contributed by atoms with E-state index in [4.69, 9.17) is 0 Å². The second-order valence-corrected chi connectivity index (χ2v) is 6.20. The number of carbonyl (C=O) groups is 1. The maximum Gasteiger partial charge on any atom is 0.316 e. The van der Waals surface area contributed by atoms with E-state index in [-0.39, 0.29) is 6.03 Å². The monoisotopic (exact) mass is 284 g/mol. The molecule has 5 nitrogen and oxygen atoms in total. The number of hydrogen-bond donors (Lipinski definition) is 1. The number of unbranched alkanes of at least 4 members (excludes halogenated alkanes) is 2. The molecule has 0 aromatic rings. The smallest absolute Gasteiger partial charge is 0.316 e. The highest BCUT2D eigenvalue weighted by atomic mass is 16.2. The lowest BCUT2D eigenvalue weighted by atomic mass is 10.0. The van der Waals surface area contributed by atoms with Crippen molar-refractivity contribution in [1.29, 1.82) is 0 Å². The first-order chi connectivity index (χ1) is 9.50. The summed E-state index contributed by atoms with van der Waals surface area (Å²) in [6, 6.07) is 0.771. The summed E-state index contributed by atoms with van der Waals surface area (Å²) in [7, 11) is 8.00. The van der Waals surface area contributed by atoms with Gasteiger partial charge in [-0.1, -0.05) is 6.42 Å². The Labute approximate surface area is 124 Å². The second kappa shape index (κ2) is 9.19. The van der Waals surface area contributed by atoms with Crippen LogP contribution in [-0.4, -0.2) is 81.1 Å². The molecule has 1 saturated heterocycles. The molecule has 5 heteroatoms. The summed E-state index contributed by atoms with van der Waals surface area (Å²) >= 11 is 0. The highest BCUT2D eigenvalue weighted by Crippen LogP contribution is 2.14. The summed E-state index contributed by atoms with van der Waals surface area (Å²) in [5.41, 5.74) is 0. The van der Waals surface area contributed by atoms with Crippen molar-refractivity contribution in [1.82, 2.24) is 20.0 Å². The summed E-state index contributed by atoms with van der Waals surface area (Å²) < 4.78 is 0. The predicted molar refractivity (Wildman–Crippen MR) is 84.1 cm³/mol. The van der Waals surface area contributed by atoms with Gasteiger partial charge in [0.05, 0.1) is 0 Å². The standard InChI is InChI=1S/C15H32N4O/c1-17(2)15(20)16-10-6-5-7-11-19(4)14-8-12-18(3)13-9-14/h14H,5-13H2,1-4H3,(H,16,20). The molecule has 1 N–H and O–H groups in total. The molecule has 0 aliphatic carbocycles. The van der Waals surface area contributed by atoms with Crippen molar-refractivity contribution < 1.29 is 4.79 Å². The van der Waals surface area contributed by atoms with E-state index >= 15 is 0 Å². The van der Waals surface area contributed by atoms with Gasteiger partial charge in [-0.15, -0.1) is 0 Å². The lowest BCUT2D eigenvalue weighted by Crippen LogP contribution is -2.42. The Hall–Kier alpha value is -0.810. The molecule has 1 aliphatic heterocycles. The molecule has 1 heterocycles. The van der Waals surface area contributed by atoms with Gasteiger partial charge in [-0.25, -0.2) is 4.79 Å². The van der Waals surface area contributed by atoms with Crippen LogP contribution in [0.3, 0.4) is 0 Å². The number of hydrogen-bond acceptors (Lipinski definition) is 3. The lowest BCUT2D eigenvalue weighted by molar-refractivity contribution is 0.142. The lowest BCUT2D eigenvalue weighted by Gasteiger charge is -2.35. The van der Waals surface area contributed by atoms with Crippen molar-refractivity contribution in [3.05, 3.63) is 0 Å². The number of carbonyl (C=O) groups excluding carboxylic acids is 1. The minimum absolute atomic E-state index is 0.00782. The molecule has 0 atom stereocenters. The summed E-state index contributed by atoms with van der Waals surface area (Å²) in [5.74, 6) is 0. The fourth-order valence-corrected chi connectivity index (χ4v) is 2.63. The summed E-state index contributed by atoms with van der Waals surface area (Å²) in [6.45, 7) is 4.42. The van der Waals surface area contributed by atoms with Crippen LogP contribution in [0.25, 0.3) is 0 Å². The van der Waals surface area contributed by atoms with Crippen LogP contribution in [0.2, 0.25) is 0 Å². The zero-order valence-electron chi connectivity index (χ0n) is 13.7. The van der Waals surface area contributed by atoms with E-state index in [1.54, 1.807) is 19.0 Å². The molecule has 0 bridgehead atoms. The number of piperidine rings is 1. The normalized spacial score (nSPS) is 17.4. The third-order valence-electron chi connectivity index (χ3n) is 4.18. The zero-order chi connectivity index (χ0) is 15.0. The molecule has 118 valence electrons. The molecular formula is C15H32N4O. The molecule has 0 aromatic heterocycles. The fourth-order valence-electron chi connectivity index (χ4n) is 2.63. The average molecular weight is 284 g/mol. The van der Waals surface area contributed by atoms with Crippen molar-refractivity contribution in [2.45, 2.75) is 38.1 Å². The van der Waals surface area contributed by atoms with Gasteiger partial charge in [0.2, 0.25) is 0 Å². The number of likely N-dealkylation sites (tertiary alicyclic amines) is 1. The van der Waals surface area contributed by atoms with Gasteiger partial charge in [0, 0.05) is 26.7 Å². The van der Waals surface area contributed by atoms with E-state index in [9.17, 15) is 4.79 Å². The number of urea groups is 1. The predicted octanol–water partition coefficient (Wildman–Crippen LogP) is 1.45. The van der Waals surface area contributed by atoms with E-state index in [1.165, 1.54) is 45.3 Å². The van der Waals surface area contributed by atoms with Crippen LogP contribution in [0.1, 0.15) is 32.1 Å². The van der Waals surface area contributed by atoms with Crippen molar-refractivity contribution in [2.24, 2.45) is 0 Å². The van der Waals surface area contributed by atoms with Gasteiger partial charge < -0.3 is 20.0 Å². The summed E-state index contributed by atoms with van der Waals surface area (Å²) in [5, 5.41) is 2.91. The molecule has 1 fully saturated rings. The molecule has 0 spiro atoms. The van der Waals surface area contributed by atoms with E-state index in [2.05, 4.69) is 29.2 Å². The molecular weight excluding hydrogens is 252 g/mol. The Morgan fingerprint density at radius 3 is 2.40 bits per heavy atom. The van der Waals surface area contributed by atoms with Crippen molar-refractivity contribution >= 4 is 6.03 Å². The van der Waals surface area contributed by atoms with Crippen LogP contribution in [-0.2, 0) is 0 Å². The molecule has 20 heavy (non-hydrogen) atoms. The van der Waals surface area contributed by atoms with Crippen LogP contribution in [0.15, 0.2) is 0 Å². The molecule has 1 aliphatic rings. The highest BCUT2D eigenvalue weighted by Gasteiger charge is 2.19. The van der Waals surface area contributed by atoms with E-state index < -0.39 is 0 Å². The Bertz CT molecular complexity index is 275. The molecule has 0 unspecified atom stereocenters. The fraction of sp³-hybridized carbons (Fsp3) is 0.933. The molecule has 0 aromatic carbocycles. The number of nitrogens with one attached hydrogen (secondary N) is 1. The number of nitrogens with zero attached hydrogens (tertiary/aromatic N) is 3. The van der Waals surface area contributed by atoms with Crippen molar-refractivity contribution in [2.75, 3.05) is 54.4 Å². The van der Waals surface area contributed by atoms with Crippen molar-refractivity contribution in [3.8, 4) is 0 Å². The van der Waals surface area contributed by atoms with Crippen LogP contribution in [0, 0.1) is 0 Å². The zero-order valence-corrected chi connectivity index (χ0v) is 13.7. The third-order valence-corrected chi connectivity index (χ3v) is 4.18. The Morgan fingerprint density at radius 2 is 1.80 bits per heavy atom. The first-order valence-corrected chi connectivity index (χ1v) is 7.84. The molecule has 1 rings (SSSR count). The van der Waals surface area contributed by atoms with Crippen LogP contribution < -0.4 is 5.32 Å². The maximum atomic E-state index is 11.3. The quantitative estimate of drug-likeness (QED) is 0.719. The van der Waals surface area contributed by atoms with Gasteiger partial charge in [-0.3, -0.25) is 0 Å². The van der Waals surface area contributed by atoms with E-state index in [0.717, 1.165) is 19.0 Å². The summed E-state index contributed by atoms with van der Waals surface area (Å²) in [6.07, 6.45) is 6.07.